The maximum Gasteiger partial charge on any atom is 0.0844 e. The molecule has 1 aromatic carbocycles. The predicted molar refractivity (Wildman–Crippen MR) is 77.2 cm³/mol. The first-order valence-electron chi connectivity index (χ1n) is 7.05. The molecule has 1 aromatic rings. The minimum atomic E-state index is 0.225. The Morgan fingerprint density at radius 1 is 1.28 bits per heavy atom. The number of benzene rings is 1. The fourth-order valence-corrected chi connectivity index (χ4v) is 2.72. The van der Waals surface area contributed by atoms with E-state index in [4.69, 9.17) is 4.74 Å². The third-order valence-electron chi connectivity index (χ3n) is 4.06. The Labute approximate surface area is 112 Å². The van der Waals surface area contributed by atoms with Crippen molar-refractivity contribution in [2.45, 2.75) is 71.5 Å². The SMILES string of the molecule is Cc1ccc(C(C)CC2OC2C)cc1C(C)(C)C. The van der Waals surface area contributed by atoms with Gasteiger partial charge in [-0.3, -0.25) is 0 Å². The molecule has 0 saturated carbocycles. The van der Waals surface area contributed by atoms with Crippen LogP contribution in [0.5, 0.6) is 0 Å². The number of hydrogen-bond acceptors (Lipinski definition) is 1. The third kappa shape index (κ3) is 2.95. The molecule has 2 rings (SSSR count). The standard InChI is InChI=1S/C17H26O/c1-11-7-8-14(10-15(11)17(4,5)6)12(2)9-16-13(3)18-16/h7-8,10,12-13,16H,9H2,1-6H3. The van der Waals surface area contributed by atoms with E-state index in [-0.39, 0.29) is 5.41 Å². The third-order valence-corrected chi connectivity index (χ3v) is 4.06. The summed E-state index contributed by atoms with van der Waals surface area (Å²) in [6.07, 6.45) is 2.10. The van der Waals surface area contributed by atoms with E-state index in [1.165, 1.54) is 16.7 Å². The number of hydrogen-bond donors (Lipinski definition) is 0. The molecule has 0 N–H and O–H groups in total. The van der Waals surface area contributed by atoms with Crippen molar-refractivity contribution in [1.29, 1.82) is 0 Å². The summed E-state index contributed by atoms with van der Waals surface area (Å²) >= 11 is 0. The van der Waals surface area contributed by atoms with Crippen LogP contribution in [0.3, 0.4) is 0 Å². The molecule has 0 aromatic heterocycles. The van der Waals surface area contributed by atoms with Gasteiger partial charge in [0.1, 0.15) is 0 Å². The van der Waals surface area contributed by atoms with Gasteiger partial charge in [0, 0.05) is 0 Å². The van der Waals surface area contributed by atoms with E-state index in [2.05, 4.69) is 59.7 Å². The molecular formula is C17H26O. The minimum absolute atomic E-state index is 0.225. The fraction of sp³-hybridized carbons (Fsp3) is 0.647. The highest BCUT2D eigenvalue weighted by molar-refractivity contribution is 5.37. The average Bonchev–Trinajstić information content (AvgIpc) is 2.93. The van der Waals surface area contributed by atoms with Crippen LogP contribution in [0.4, 0.5) is 0 Å². The summed E-state index contributed by atoms with van der Waals surface area (Å²) in [7, 11) is 0. The molecule has 1 aliphatic heterocycles. The number of aryl methyl sites for hydroxylation is 1. The van der Waals surface area contributed by atoms with E-state index in [0.29, 0.717) is 18.1 Å². The number of rotatable bonds is 3. The van der Waals surface area contributed by atoms with Gasteiger partial charge in [-0.15, -0.1) is 0 Å². The van der Waals surface area contributed by atoms with Crippen molar-refractivity contribution in [2.75, 3.05) is 0 Å². The Balaban J connectivity index is 2.18. The molecule has 0 spiro atoms. The summed E-state index contributed by atoms with van der Waals surface area (Å²) in [6.45, 7) is 13.5. The van der Waals surface area contributed by atoms with Gasteiger partial charge in [-0.25, -0.2) is 0 Å². The van der Waals surface area contributed by atoms with E-state index in [1.807, 2.05) is 0 Å². The highest BCUT2D eigenvalue weighted by atomic mass is 16.6. The summed E-state index contributed by atoms with van der Waals surface area (Å²) in [5.74, 6) is 0.585. The summed E-state index contributed by atoms with van der Waals surface area (Å²) in [5.41, 5.74) is 4.54. The lowest BCUT2D eigenvalue weighted by molar-refractivity contribution is 0.362. The summed E-state index contributed by atoms with van der Waals surface area (Å²) in [5, 5.41) is 0. The fourth-order valence-electron chi connectivity index (χ4n) is 2.72. The second-order valence-electron chi connectivity index (χ2n) is 6.84. The molecule has 1 nitrogen and oxygen atoms in total. The normalized spacial score (nSPS) is 25.0. The second kappa shape index (κ2) is 4.70. The minimum Gasteiger partial charge on any atom is -0.370 e. The first-order chi connectivity index (χ1) is 8.29. The molecule has 0 radical (unpaired) electrons. The van der Waals surface area contributed by atoms with Crippen LogP contribution in [0.1, 0.15) is 63.6 Å². The summed E-state index contributed by atoms with van der Waals surface area (Å²) in [4.78, 5) is 0. The summed E-state index contributed by atoms with van der Waals surface area (Å²) < 4.78 is 5.53. The van der Waals surface area contributed by atoms with E-state index < -0.39 is 0 Å². The molecule has 1 saturated heterocycles. The molecule has 1 heterocycles. The first-order valence-corrected chi connectivity index (χ1v) is 7.05. The zero-order chi connectivity index (χ0) is 13.5. The smallest absolute Gasteiger partial charge is 0.0844 e. The molecule has 0 amide bonds. The Hall–Kier alpha value is -0.820. The van der Waals surface area contributed by atoms with Gasteiger partial charge in [-0.1, -0.05) is 45.9 Å². The van der Waals surface area contributed by atoms with Gasteiger partial charge in [0.2, 0.25) is 0 Å². The molecule has 1 aliphatic rings. The van der Waals surface area contributed by atoms with Gasteiger partial charge in [0.05, 0.1) is 12.2 Å². The van der Waals surface area contributed by atoms with E-state index in [1.54, 1.807) is 0 Å². The lowest BCUT2D eigenvalue weighted by atomic mass is 9.81. The quantitative estimate of drug-likeness (QED) is 0.712. The van der Waals surface area contributed by atoms with Crippen LogP contribution in [0.25, 0.3) is 0 Å². The van der Waals surface area contributed by atoms with Gasteiger partial charge in [-0.2, -0.15) is 0 Å². The molecule has 0 aliphatic carbocycles. The molecule has 3 atom stereocenters. The predicted octanol–water partition coefficient (Wildman–Crippen LogP) is 4.57. The van der Waals surface area contributed by atoms with E-state index in [0.717, 1.165) is 6.42 Å². The molecule has 18 heavy (non-hydrogen) atoms. The van der Waals surface area contributed by atoms with Crippen LogP contribution < -0.4 is 0 Å². The Bertz CT molecular complexity index is 428. The van der Waals surface area contributed by atoms with Crippen molar-refractivity contribution in [1.82, 2.24) is 0 Å². The lowest BCUT2D eigenvalue weighted by Crippen LogP contribution is -2.14. The van der Waals surface area contributed by atoms with Gasteiger partial charge in [0.25, 0.3) is 0 Å². The molecule has 1 fully saturated rings. The van der Waals surface area contributed by atoms with Crippen molar-refractivity contribution >= 4 is 0 Å². The molecular weight excluding hydrogens is 220 g/mol. The van der Waals surface area contributed by atoms with E-state index in [9.17, 15) is 0 Å². The maximum absolute atomic E-state index is 5.53. The lowest BCUT2D eigenvalue weighted by Gasteiger charge is -2.24. The van der Waals surface area contributed by atoms with Crippen LogP contribution in [0, 0.1) is 6.92 Å². The van der Waals surface area contributed by atoms with Crippen LogP contribution in [-0.4, -0.2) is 12.2 Å². The molecule has 0 bridgehead atoms. The Morgan fingerprint density at radius 3 is 2.39 bits per heavy atom. The number of epoxide rings is 1. The topological polar surface area (TPSA) is 12.5 Å². The van der Waals surface area contributed by atoms with Crippen molar-refractivity contribution < 1.29 is 4.74 Å². The van der Waals surface area contributed by atoms with Crippen molar-refractivity contribution in [3.8, 4) is 0 Å². The van der Waals surface area contributed by atoms with Crippen molar-refractivity contribution in [2.24, 2.45) is 0 Å². The van der Waals surface area contributed by atoms with Gasteiger partial charge in [0.15, 0.2) is 0 Å². The van der Waals surface area contributed by atoms with Crippen molar-refractivity contribution in [3.05, 3.63) is 34.9 Å². The van der Waals surface area contributed by atoms with Crippen molar-refractivity contribution in [3.63, 3.8) is 0 Å². The van der Waals surface area contributed by atoms with Crippen LogP contribution in [-0.2, 0) is 10.2 Å². The molecule has 1 heteroatoms. The zero-order valence-electron chi connectivity index (χ0n) is 12.6. The number of ether oxygens (including phenoxy) is 1. The van der Waals surface area contributed by atoms with Crippen LogP contribution in [0.15, 0.2) is 18.2 Å². The Morgan fingerprint density at radius 2 is 1.89 bits per heavy atom. The second-order valence-corrected chi connectivity index (χ2v) is 6.84. The first kappa shape index (κ1) is 13.6. The van der Waals surface area contributed by atoms with Gasteiger partial charge < -0.3 is 4.74 Å². The van der Waals surface area contributed by atoms with Gasteiger partial charge in [-0.05, 0) is 48.3 Å². The highest BCUT2D eigenvalue weighted by Crippen LogP contribution is 2.34. The summed E-state index contributed by atoms with van der Waals surface area (Å²) in [6, 6.07) is 6.94. The van der Waals surface area contributed by atoms with Crippen LogP contribution >= 0.6 is 0 Å². The highest BCUT2D eigenvalue weighted by Gasteiger charge is 2.35. The maximum atomic E-state index is 5.53. The Kier molecular flexibility index (Phi) is 3.55. The monoisotopic (exact) mass is 246 g/mol. The van der Waals surface area contributed by atoms with Gasteiger partial charge >= 0.3 is 0 Å². The average molecular weight is 246 g/mol. The zero-order valence-corrected chi connectivity index (χ0v) is 12.6. The molecule has 3 unspecified atom stereocenters. The van der Waals surface area contributed by atoms with Crippen LogP contribution in [0.2, 0.25) is 0 Å². The largest absolute Gasteiger partial charge is 0.370 e. The molecule has 100 valence electrons. The van der Waals surface area contributed by atoms with E-state index >= 15 is 0 Å².